The highest BCUT2D eigenvalue weighted by molar-refractivity contribution is 8.09. The van der Waals surface area contributed by atoms with Crippen molar-refractivity contribution in [3.63, 3.8) is 0 Å². The van der Waals surface area contributed by atoms with Gasteiger partial charge in [0, 0.05) is 35.1 Å². The smallest absolute Gasteiger partial charge is 0.248 e. The highest BCUT2D eigenvalue weighted by Crippen LogP contribution is 2.50. The Labute approximate surface area is 126 Å². The van der Waals surface area contributed by atoms with E-state index in [1.165, 1.54) is 12.1 Å². The van der Waals surface area contributed by atoms with E-state index >= 15 is 0 Å². The molecule has 108 valence electrons. The zero-order valence-electron chi connectivity index (χ0n) is 11.4. The highest BCUT2D eigenvalue weighted by atomic mass is 32.2. The average Bonchev–Trinajstić information content (AvgIpc) is 2.85. The van der Waals surface area contributed by atoms with Gasteiger partial charge in [0.1, 0.15) is 5.82 Å². The molecule has 0 spiro atoms. The third-order valence-corrected chi connectivity index (χ3v) is 5.19. The number of carbonyl (C=O) groups is 2. The molecule has 2 unspecified atom stereocenters. The minimum absolute atomic E-state index is 0.0404. The first-order chi connectivity index (χ1) is 10.1. The van der Waals surface area contributed by atoms with Crippen LogP contribution in [0.3, 0.4) is 0 Å². The predicted octanol–water partition coefficient (Wildman–Crippen LogP) is 2.54. The van der Waals surface area contributed by atoms with E-state index in [0.29, 0.717) is 12.0 Å². The van der Waals surface area contributed by atoms with Crippen molar-refractivity contribution in [2.24, 2.45) is 5.92 Å². The summed E-state index contributed by atoms with van der Waals surface area (Å²) in [5, 5.41) is 2.74. The van der Waals surface area contributed by atoms with Gasteiger partial charge >= 0.3 is 0 Å². The monoisotopic (exact) mass is 303 g/mol. The fraction of sp³-hybridized carbons (Fsp3) is 0.250. The Morgan fingerprint density at radius 3 is 2.71 bits per heavy atom. The molecular formula is C16H14FNO2S. The Balaban J connectivity index is 2.07. The molecule has 1 aliphatic carbocycles. The zero-order chi connectivity index (χ0) is 15.0. The molecule has 3 nitrogen and oxygen atoms in total. The molecule has 3 rings (SSSR count). The number of thioether (sulfide) groups is 1. The summed E-state index contributed by atoms with van der Waals surface area (Å²) in [6, 6.07) is 6.10. The maximum atomic E-state index is 13.1. The van der Waals surface area contributed by atoms with Gasteiger partial charge in [-0.05, 0) is 23.8 Å². The Bertz CT molecular complexity index is 663. The number of ketones is 1. The fourth-order valence-corrected chi connectivity index (χ4v) is 4.19. The molecule has 1 amide bonds. The molecule has 1 aliphatic heterocycles. The maximum Gasteiger partial charge on any atom is 0.248 e. The van der Waals surface area contributed by atoms with Crippen molar-refractivity contribution in [2.45, 2.75) is 11.7 Å². The van der Waals surface area contributed by atoms with Crippen LogP contribution in [0.2, 0.25) is 0 Å². The van der Waals surface area contributed by atoms with Gasteiger partial charge < -0.3 is 5.32 Å². The number of allylic oxidation sites excluding steroid dienone is 1. The average molecular weight is 303 g/mol. The van der Waals surface area contributed by atoms with Crippen LogP contribution < -0.4 is 5.32 Å². The number of rotatable bonds is 2. The van der Waals surface area contributed by atoms with Gasteiger partial charge in [-0.1, -0.05) is 18.2 Å². The Kier molecular flexibility index (Phi) is 3.68. The van der Waals surface area contributed by atoms with Gasteiger partial charge in [-0.25, -0.2) is 4.39 Å². The Morgan fingerprint density at radius 1 is 1.33 bits per heavy atom. The first-order valence-electron chi connectivity index (χ1n) is 6.70. The summed E-state index contributed by atoms with van der Waals surface area (Å²) >= 11 is 1.56. The standard InChI is InChI=1S/C16H14FNO2S/c1-18-16(20)14-12-8-11(19)6-7-13(12)21-15(14)9-2-4-10(17)5-3-9/h2-7,12-13H,8H2,1H3,(H,18,20). The van der Waals surface area contributed by atoms with E-state index in [9.17, 15) is 14.0 Å². The minimum Gasteiger partial charge on any atom is -0.355 e. The van der Waals surface area contributed by atoms with Crippen molar-refractivity contribution in [3.05, 3.63) is 53.4 Å². The maximum absolute atomic E-state index is 13.1. The van der Waals surface area contributed by atoms with E-state index in [1.54, 1.807) is 37.0 Å². The van der Waals surface area contributed by atoms with E-state index in [-0.39, 0.29) is 28.7 Å². The summed E-state index contributed by atoms with van der Waals surface area (Å²) < 4.78 is 13.1. The van der Waals surface area contributed by atoms with Crippen LogP contribution in [-0.4, -0.2) is 24.0 Å². The summed E-state index contributed by atoms with van der Waals surface area (Å²) in [5.41, 5.74) is 1.45. The van der Waals surface area contributed by atoms with Gasteiger partial charge in [0.05, 0.1) is 0 Å². The lowest BCUT2D eigenvalue weighted by molar-refractivity contribution is -0.117. The van der Waals surface area contributed by atoms with Crippen LogP contribution in [0, 0.1) is 11.7 Å². The highest BCUT2D eigenvalue weighted by Gasteiger charge is 2.40. The lowest BCUT2D eigenvalue weighted by Crippen LogP contribution is -2.29. The Hall–Kier alpha value is -1.88. The second-order valence-electron chi connectivity index (χ2n) is 5.05. The first kappa shape index (κ1) is 14.1. The molecule has 5 heteroatoms. The van der Waals surface area contributed by atoms with Crippen molar-refractivity contribution in [2.75, 3.05) is 7.05 Å². The summed E-state index contributed by atoms with van der Waals surface area (Å²) in [4.78, 5) is 24.7. The van der Waals surface area contributed by atoms with Crippen LogP contribution in [0.15, 0.2) is 42.0 Å². The fourth-order valence-electron chi connectivity index (χ4n) is 2.72. The molecule has 1 aromatic carbocycles. The molecule has 0 bridgehead atoms. The minimum atomic E-state index is -0.309. The summed E-state index contributed by atoms with van der Waals surface area (Å²) in [6.07, 6.45) is 3.80. The number of likely N-dealkylation sites (N-methyl/N-ethyl adjacent to an activating group) is 1. The number of amides is 1. The molecule has 0 aromatic heterocycles. The molecule has 2 atom stereocenters. The third-order valence-electron chi connectivity index (χ3n) is 3.74. The second-order valence-corrected chi connectivity index (χ2v) is 6.24. The molecule has 1 heterocycles. The summed E-state index contributed by atoms with van der Waals surface area (Å²) in [5.74, 6) is -0.542. The van der Waals surface area contributed by atoms with Crippen LogP contribution in [0.1, 0.15) is 12.0 Å². The van der Waals surface area contributed by atoms with Gasteiger partial charge in [0.2, 0.25) is 5.91 Å². The summed E-state index contributed by atoms with van der Waals surface area (Å²) in [7, 11) is 1.58. The number of carbonyl (C=O) groups excluding carboxylic acids is 2. The largest absolute Gasteiger partial charge is 0.355 e. The van der Waals surface area contributed by atoms with Crippen LogP contribution in [0.25, 0.3) is 4.91 Å². The quantitative estimate of drug-likeness (QED) is 0.913. The number of nitrogens with one attached hydrogen (secondary N) is 1. The number of hydrogen-bond acceptors (Lipinski definition) is 3. The third kappa shape index (κ3) is 2.53. The Morgan fingerprint density at radius 2 is 2.05 bits per heavy atom. The van der Waals surface area contributed by atoms with E-state index in [4.69, 9.17) is 0 Å². The number of halogens is 1. The van der Waals surface area contributed by atoms with Crippen molar-refractivity contribution in [3.8, 4) is 0 Å². The van der Waals surface area contributed by atoms with Crippen molar-refractivity contribution >= 4 is 28.4 Å². The molecule has 0 saturated heterocycles. The topological polar surface area (TPSA) is 46.2 Å². The number of hydrogen-bond donors (Lipinski definition) is 1. The van der Waals surface area contributed by atoms with Crippen LogP contribution in [0.5, 0.6) is 0 Å². The molecule has 21 heavy (non-hydrogen) atoms. The molecule has 2 aliphatic rings. The number of fused-ring (bicyclic) bond motifs is 1. The van der Waals surface area contributed by atoms with Crippen molar-refractivity contribution in [1.29, 1.82) is 0 Å². The van der Waals surface area contributed by atoms with Crippen LogP contribution >= 0.6 is 11.8 Å². The second kappa shape index (κ2) is 5.48. The van der Waals surface area contributed by atoms with Crippen LogP contribution in [-0.2, 0) is 9.59 Å². The van der Waals surface area contributed by atoms with E-state index in [2.05, 4.69) is 5.32 Å². The van der Waals surface area contributed by atoms with Crippen LogP contribution in [0.4, 0.5) is 4.39 Å². The molecule has 0 saturated carbocycles. The predicted molar refractivity (Wildman–Crippen MR) is 81.0 cm³/mol. The molecule has 0 radical (unpaired) electrons. The van der Waals surface area contributed by atoms with E-state index in [1.807, 2.05) is 6.08 Å². The van der Waals surface area contributed by atoms with Gasteiger partial charge in [-0.2, -0.15) is 0 Å². The van der Waals surface area contributed by atoms with Gasteiger partial charge in [0.15, 0.2) is 5.78 Å². The normalized spacial score (nSPS) is 24.2. The van der Waals surface area contributed by atoms with Crippen molar-refractivity contribution < 1.29 is 14.0 Å². The summed E-state index contributed by atoms with van der Waals surface area (Å²) in [6.45, 7) is 0. The van der Waals surface area contributed by atoms with Gasteiger partial charge in [-0.15, -0.1) is 11.8 Å². The SMILES string of the molecule is CNC(=O)C1=C(c2ccc(F)cc2)SC2C=CC(=O)CC12. The molecular weight excluding hydrogens is 289 g/mol. The van der Waals surface area contributed by atoms with Crippen molar-refractivity contribution in [1.82, 2.24) is 5.32 Å². The van der Waals surface area contributed by atoms with E-state index < -0.39 is 0 Å². The molecule has 1 aromatic rings. The van der Waals surface area contributed by atoms with Gasteiger partial charge in [0.25, 0.3) is 0 Å². The van der Waals surface area contributed by atoms with E-state index in [0.717, 1.165) is 10.5 Å². The zero-order valence-corrected chi connectivity index (χ0v) is 12.2. The molecule has 1 N–H and O–H groups in total. The van der Waals surface area contributed by atoms with Gasteiger partial charge in [-0.3, -0.25) is 9.59 Å². The lowest BCUT2D eigenvalue weighted by Gasteiger charge is -2.20. The first-order valence-corrected chi connectivity index (χ1v) is 7.58. The number of benzene rings is 1. The lowest BCUT2D eigenvalue weighted by atomic mass is 9.85. The molecule has 0 fully saturated rings.